The standard InChI is InChI=1S/C12H12ClFO/c1-8(2)9(7-15)6-10-11(13)4-3-5-12(10)14/h3-8H,1-2H3. The van der Waals surface area contributed by atoms with Gasteiger partial charge >= 0.3 is 0 Å². The van der Waals surface area contributed by atoms with E-state index in [2.05, 4.69) is 0 Å². The molecule has 0 heterocycles. The summed E-state index contributed by atoms with van der Waals surface area (Å²) in [6.07, 6.45) is 2.22. The molecule has 0 bridgehead atoms. The van der Waals surface area contributed by atoms with Gasteiger partial charge in [0.1, 0.15) is 12.1 Å². The van der Waals surface area contributed by atoms with E-state index in [0.717, 1.165) is 6.29 Å². The highest BCUT2D eigenvalue weighted by Gasteiger charge is 2.07. The Labute approximate surface area is 93.6 Å². The smallest absolute Gasteiger partial charge is 0.146 e. The molecule has 0 radical (unpaired) electrons. The fourth-order valence-corrected chi connectivity index (χ4v) is 1.37. The molecule has 0 aliphatic carbocycles. The first-order chi connectivity index (χ1) is 7.06. The van der Waals surface area contributed by atoms with Gasteiger partial charge in [0.2, 0.25) is 0 Å². The summed E-state index contributed by atoms with van der Waals surface area (Å²) in [6.45, 7) is 3.74. The minimum absolute atomic E-state index is 0.0539. The normalized spacial score (nSPS) is 11.9. The molecular weight excluding hydrogens is 215 g/mol. The van der Waals surface area contributed by atoms with Gasteiger partial charge in [-0.2, -0.15) is 0 Å². The molecule has 0 spiro atoms. The molecule has 80 valence electrons. The maximum atomic E-state index is 13.4. The zero-order valence-corrected chi connectivity index (χ0v) is 9.38. The summed E-state index contributed by atoms with van der Waals surface area (Å²) in [7, 11) is 0. The molecule has 1 rings (SSSR count). The Morgan fingerprint density at radius 3 is 2.60 bits per heavy atom. The second-order valence-corrected chi connectivity index (χ2v) is 3.96. The van der Waals surface area contributed by atoms with Crippen molar-refractivity contribution in [3.8, 4) is 0 Å². The van der Waals surface area contributed by atoms with Crippen LogP contribution < -0.4 is 0 Å². The van der Waals surface area contributed by atoms with Gasteiger partial charge in [0.05, 0.1) is 5.02 Å². The lowest BCUT2D eigenvalue weighted by Crippen LogP contribution is -1.96. The summed E-state index contributed by atoms with van der Waals surface area (Å²) in [4.78, 5) is 10.7. The number of allylic oxidation sites excluding steroid dienone is 1. The first-order valence-corrected chi connectivity index (χ1v) is 5.05. The third-order valence-corrected chi connectivity index (χ3v) is 2.44. The number of carbonyl (C=O) groups excluding carboxylic acids is 1. The van der Waals surface area contributed by atoms with E-state index < -0.39 is 5.82 Å². The second kappa shape index (κ2) is 5.08. The molecule has 3 heteroatoms. The van der Waals surface area contributed by atoms with Crippen LogP contribution in [0.5, 0.6) is 0 Å². The van der Waals surface area contributed by atoms with Crippen LogP contribution in [0.1, 0.15) is 19.4 Å². The average molecular weight is 227 g/mol. The average Bonchev–Trinajstić information content (AvgIpc) is 2.17. The Balaban J connectivity index is 3.22. The van der Waals surface area contributed by atoms with Crippen molar-refractivity contribution < 1.29 is 9.18 Å². The van der Waals surface area contributed by atoms with Crippen molar-refractivity contribution in [3.05, 3.63) is 40.2 Å². The number of benzene rings is 1. The van der Waals surface area contributed by atoms with Crippen molar-refractivity contribution in [2.45, 2.75) is 13.8 Å². The predicted molar refractivity (Wildman–Crippen MR) is 60.3 cm³/mol. The van der Waals surface area contributed by atoms with Gasteiger partial charge in [-0.15, -0.1) is 0 Å². The zero-order chi connectivity index (χ0) is 11.4. The highest BCUT2D eigenvalue weighted by atomic mass is 35.5. The van der Waals surface area contributed by atoms with Crippen LogP contribution in [0.2, 0.25) is 5.02 Å². The quantitative estimate of drug-likeness (QED) is 0.567. The first-order valence-electron chi connectivity index (χ1n) is 4.67. The Bertz CT molecular complexity index is 376. The topological polar surface area (TPSA) is 17.1 Å². The van der Waals surface area contributed by atoms with E-state index in [1.165, 1.54) is 18.2 Å². The minimum atomic E-state index is -0.414. The maximum absolute atomic E-state index is 13.4. The van der Waals surface area contributed by atoms with E-state index in [0.29, 0.717) is 10.6 Å². The van der Waals surface area contributed by atoms with E-state index in [1.807, 2.05) is 13.8 Å². The fourth-order valence-electron chi connectivity index (χ4n) is 1.15. The summed E-state index contributed by atoms with van der Waals surface area (Å²) in [5.74, 6) is -0.360. The van der Waals surface area contributed by atoms with Crippen LogP contribution in [0.15, 0.2) is 23.8 Å². The molecule has 1 aromatic rings. The molecule has 1 nitrogen and oxygen atoms in total. The van der Waals surface area contributed by atoms with Crippen molar-refractivity contribution >= 4 is 24.0 Å². The number of hydrogen-bond donors (Lipinski definition) is 0. The summed E-state index contributed by atoms with van der Waals surface area (Å²) < 4.78 is 13.4. The van der Waals surface area contributed by atoms with Crippen LogP contribution in [0.4, 0.5) is 4.39 Å². The Hall–Kier alpha value is -1.15. The van der Waals surface area contributed by atoms with E-state index in [4.69, 9.17) is 11.6 Å². The molecule has 0 fully saturated rings. The Kier molecular flexibility index (Phi) is 4.04. The predicted octanol–water partition coefficient (Wildman–Crippen LogP) is 3.72. The van der Waals surface area contributed by atoms with Gasteiger partial charge in [0.25, 0.3) is 0 Å². The van der Waals surface area contributed by atoms with Crippen molar-refractivity contribution in [2.24, 2.45) is 5.92 Å². The van der Waals surface area contributed by atoms with E-state index in [1.54, 1.807) is 6.07 Å². The molecule has 1 aromatic carbocycles. The summed E-state index contributed by atoms with van der Waals surface area (Å²) >= 11 is 5.83. The van der Waals surface area contributed by atoms with Crippen molar-refractivity contribution in [1.82, 2.24) is 0 Å². The summed E-state index contributed by atoms with van der Waals surface area (Å²) in [5, 5.41) is 0.315. The zero-order valence-electron chi connectivity index (χ0n) is 8.63. The second-order valence-electron chi connectivity index (χ2n) is 3.55. The van der Waals surface area contributed by atoms with Gasteiger partial charge in [-0.25, -0.2) is 4.39 Å². The molecular formula is C12H12ClFO. The lowest BCUT2D eigenvalue weighted by Gasteiger charge is -2.05. The van der Waals surface area contributed by atoms with E-state index in [9.17, 15) is 9.18 Å². The summed E-state index contributed by atoms with van der Waals surface area (Å²) in [5.41, 5.74) is 0.803. The monoisotopic (exact) mass is 226 g/mol. The van der Waals surface area contributed by atoms with Crippen LogP contribution in [-0.4, -0.2) is 6.29 Å². The number of halogens is 2. The van der Waals surface area contributed by atoms with Crippen LogP contribution in [0.3, 0.4) is 0 Å². The molecule has 0 aliphatic rings. The van der Waals surface area contributed by atoms with Crippen LogP contribution >= 0.6 is 11.6 Å². The number of carbonyl (C=O) groups is 1. The maximum Gasteiger partial charge on any atom is 0.146 e. The van der Waals surface area contributed by atoms with Gasteiger partial charge in [-0.3, -0.25) is 4.79 Å². The molecule has 0 amide bonds. The van der Waals surface area contributed by atoms with Gasteiger partial charge in [0.15, 0.2) is 0 Å². The van der Waals surface area contributed by atoms with E-state index >= 15 is 0 Å². The highest BCUT2D eigenvalue weighted by molar-refractivity contribution is 6.32. The molecule has 15 heavy (non-hydrogen) atoms. The molecule has 0 unspecified atom stereocenters. The molecule has 0 saturated heterocycles. The number of rotatable bonds is 3. The fraction of sp³-hybridized carbons (Fsp3) is 0.250. The third kappa shape index (κ3) is 2.90. The van der Waals surface area contributed by atoms with Crippen molar-refractivity contribution in [3.63, 3.8) is 0 Å². The minimum Gasteiger partial charge on any atom is -0.298 e. The van der Waals surface area contributed by atoms with Crippen molar-refractivity contribution in [2.75, 3.05) is 0 Å². The first kappa shape index (κ1) is 11.9. The molecule has 0 aliphatic heterocycles. The third-order valence-electron chi connectivity index (χ3n) is 2.11. The van der Waals surface area contributed by atoms with Crippen LogP contribution in [0.25, 0.3) is 6.08 Å². The molecule has 0 aromatic heterocycles. The van der Waals surface area contributed by atoms with Gasteiger partial charge in [-0.1, -0.05) is 31.5 Å². The van der Waals surface area contributed by atoms with Gasteiger partial charge in [-0.05, 0) is 29.7 Å². The lowest BCUT2D eigenvalue weighted by atomic mass is 10.0. The van der Waals surface area contributed by atoms with Gasteiger partial charge in [0, 0.05) is 5.56 Å². The summed E-state index contributed by atoms with van der Waals surface area (Å²) in [6, 6.07) is 4.45. The highest BCUT2D eigenvalue weighted by Crippen LogP contribution is 2.23. The molecule has 0 N–H and O–H groups in total. The van der Waals surface area contributed by atoms with Gasteiger partial charge < -0.3 is 0 Å². The van der Waals surface area contributed by atoms with Crippen molar-refractivity contribution in [1.29, 1.82) is 0 Å². The van der Waals surface area contributed by atoms with Crippen LogP contribution in [0, 0.1) is 11.7 Å². The van der Waals surface area contributed by atoms with E-state index in [-0.39, 0.29) is 11.5 Å². The van der Waals surface area contributed by atoms with Crippen LogP contribution in [-0.2, 0) is 4.79 Å². The molecule has 0 saturated carbocycles. The Morgan fingerprint density at radius 1 is 1.47 bits per heavy atom. The Morgan fingerprint density at radius 2 is 2.13 bits per heavy atom. The largest absolute Gasteiger partial charge is 0.298 e. The SMILES string of the molecule is CC(C)C(C=O)=Cc1c(F)cccc1Cl. The number of hydrogen-bond acceptors (Lipinski definition) is 1. The number of aldehydes is 1. The lowest BCUT2D eigenvalue weighted by molar-refractivity contribution is -0.105. The molecule has 0 atom stereocenters.